The van der Waals surface area contributed by atoms with Crippen LogP contribution in [0.2, 0.25) is 0 Å². The lowest BCUT2D eigenvalue weighted by Gasteiger charge is -2.34. The van der Waals surface area contributed by atoms with Gasteiger partial charge >= 0.3 is 0 Å². The van der Waals surface area contributed by atoms with E-state index in [2.05, 4.69) is 39.3 Å². The number of anilines is 4. The number of nitrogens with zero attached hydrogens (tertiary/aromatic N) is 8. The van der Waals surface area contributed by atoms with Crippen LogP contribution in [0.15, 0.2) is 58.9 Å². The number of pyridine rings is 1. The lowest BCUT2D eigenvalue weighted by molar-refractivity contribution is -0.121. The number of carbonyl (C=O) groups excluding carboxylic acids is 1. The molecule has 13 heteroatoms. The van der Waals surface area contributed by atoms with E-state index in [1.807, 2.05) is 23.6 Å². The molecule has 210 valence electrons. The monoisotopic (exact) mass is 571 g/mol. The van der Waals surface area contributed by atoms with Crippen LogP contribution in [-0.4, -0.2) is 87.3 Å². The highest BCUT2D eigenvalue weighted by atomic mass is 32.2. The van der Waals surface area contributed by atoms with E-state index in [0.717, 1.165) is 31.9 Å². The highest BCUT2D eigenvalue weighted by Crippen LogP contribution is 2.32. The number of likely N-dealkylation sites (N-methyl/N-ethyl adjacent to an activating group) is 1. The summed E-state index contributed by atoms with van der Waals surface area (Å²) in [4.78, 5) is 46.5. The zero-order valence-electron chi connectivity index (χ0n) is 22.6. The molecule has 0 aliphatic carbocycles. The summed E-state index contributed by atoms with van der Waals surface area (Å²) in [6, 6.07) is 11.8. The average molecular weight is 572 g/mol. The van der Waals surface area contributed by atoms with Crippen molar-refractivity contribution < 1.29 is 9.53 Å². The number of hydrogen-bond acceptors (Lipinski definition) is 10. The Morgan fingerprint density at radius 3 is 2.63 bits per heavy atom. The van der Waals surface area contributed by atoms with Crippen molar-refractivity contribution in [3.05, 3.63) is 64.4 Å². The van der Waals surface area contributed by atoms with Crippen LogP contribution in [0.5, 0.6) is 5.75 Å². The summed E-state index contributed by atoms with van der Waals surface area (Å²) in [5.74, 6) is 2.35. The fraction of sp³-hybridized carbons (Fsp3) is 0.321. The van der Waals surface area contributed by atoms with E-state index in [1.165, 1.54) is 5.69 Å². The number of ether oxygens (including phenoxy) is 1. The number of hydrogen-bond donors (Lipinski definition) is 1. The first kappa shape index (κ1) is 25.6. The van der Waals surface area contributed by atoms with Gasteiger partial charge in [-0.15, -0.1) is 11.8 Å². The topological polar surface area (TPSA) is 114 Å². The van der Waals surface area contributed by atoms with E-state index in [-0.39, 0.29) is 18.1 Å². The molecule has 1 N–H and O–H groups in total. The van der Waals surface area contributed by atoms with Crippen LogP contribution in [0.3, 0.4) is 0 Å². The van der Waals surface area contributed by atoms with Crippen molar-refractivity contribution in [1.29, 1.82) is 0 Å². The molecule has 0 unspecified atom stereocenters. The van der Waals surface area contributed by atoms with Gasteiger partial charge in [-0.1, -0.05) is 6.08 Å². The van der Waals surface area contributed by atoms with Crippen LogP contribution in [-0.2, 0) is 11.3 Å². The third-order valence-corrected chi connectivity index (χ3v) is 8.32. The minimum absolute atomic E-state index is 0.0235. The van der Waals surface area contributed by atoms with E-state index in [0.29, 0.717) is 53.2 Å². The summed E-state index contributed by atoms with van der Waals surface area (Å²) in [6.07, 6.45) is 3.47. The predicted molar refractivity (Wildman–Crippen MR) is 160 cm³/mol. The Morgan fingerprint density at radius 2 is 1.80 bits per heavy atom. The van der Waals surface area contributed by atoms with Crippen molar-refractivity contribution >= 4 is 51.8 Å². The number of rotatable bonds is 3. The van der Waals surface area contributed by atoms with Gasteiger partial charge in [0.25, 0.3) is 11.5 Å². The molecular formula is C28H29N9O3S. The van der Waals surface area contributed by atoms with E-state index >= 15 is 0 Å². The maximum absolute atomic E-state index is 13.5. The second-order valence-corrected chi connectivity index (χ2v) is 11.2. The molecule has 1 aromatic carbocycles. The molecular weight excluding hydrogens is 542 g/mol. The van der Waals surface area contributed by atoms with Crippen LogP contribution in [0.1, 0.15) is 0 Å². The Kier molecular flexibility index (Phi) is 6.59. The van der Waals surface area contributed by atoms with Gasteiger partial charge in [0, 0.05) is 56.0 Å². The zero-order valence-corrected chi connectivity index (χ0v) is 23.4. The van der Waals surface area contributed by atoms with Gasteiger partial charge in [-0.25, -0.2) is 19.3 Å². The minimum Gasteiger partial charge on any atom is -0.480 e. The molecule has 4 aromatic rings. The largest absolute Gasteiger partial charge is 0.480 e. The van der Waals surface area contributed by atoms with Gasteiger partial charge in [0.05, 0.1) is 6.54 Å². The van der Waals surface area contributed by atoms with Gasteiger partial charge in [-0.05, 0) is 48.9 Å². The fourth-order valence-corrected chi connectivity index (χ4v) is 5.92. The molecule has 1 fully saturated rings. The van der Waals surface area contributed by atoms with Gasteiger partial charge in [-0.2, -0.15) is 4.98 Å². The number of allylic oxidation sites excluding steroid dienone is 1. The number of fused-ring (bicyclic) bond motifs is 5. The molecule has 41 heavy (non-hydrogen) atoms. The molecule has 3 aliphatic heterocycles. The molecule has 0 spiro atoms. The Hall–Kier alpha value is -4.36. The molecule has 1 amide bonds. The first-order valence-electron chi connectivity index (χ1n) is 13.6. The van der Waals surface area contributed by atoms with E-state index in [1.54, 1.807) is 44.4 Å². The number of carbonyl (C=O) groups is 1. The lowest BCUT2D eigenvalue weighted by atomic mass is 10.2. The summed E-state index contributed by atoms with van der Waals surface area (Å²) in [5.41, 5.74) is 2.22. The summed E-state index contributed by atoms with van der Waals surface area (Å²) in [6.45, 7) is 4.90. The minimum atomic E-state index is -0.224. The van der Waals surface area contributed by atoms with Crippen LogP contribution >= 0.6 is 11.8 Å². The third kappa shape index (κ3) is 4.80. The maximum atomic E-state index is 13.5. The molecule has 6 heterocycles. The maximum Gasteiger partial charge on any atom is 0.278 e. The summed E-state index contributed by atoms with van der Waals surface area (Å²) in [5, 5.41) is 5.61. The molecule has 3 aliphatic rings. The van der Waals surface area contributed by atoms with Crippen LogP contribution in [0.25, 0.3) is 16.9 Å². The fourth-order valence-electron chi connectivity index (χ4n) is 5.27. The molecule has 12 nitrogen and oxygen atoms in total. The van der Waals surface area contributed by atoms with Gasteiger partial charge in [-0.3, -0.25) is 14.5 Å². The number of piperazine rings is 1. The molecule has 7 rings (SSSR count). The highest BCUT2D eigenvalue weighted by Gasteiger charge is 2.28. The Bertz CT molecular complexity index is 1710. The average Bonchev–Trinajstić information content (AvgIpc) is 3.26. The predicted octanol–water partition coefficient (Wildman–Crippen LogP) is 2.46. The quantitative estimate of drug-likeness (QED) is 0.393. The van der Waals surface area contributed by atoms with E-state index in [9.17, 15) is 9.59 Å². The van der Waals surface area contributed by atoms with E-state index < -0.39 is 0 Å². The normalized spacial score (nSPS) is 18.3. The standard InChI is InChI=1S/C28H29N9O3S/c1-33-10-12-34(13-11-33)20-5-3-19(4-6-20)30-28-29-17-21-25(32-28)37-23-8-7-22-26(31-23)35(24(38)18-40-22)14-16-41-15-2-9-36(37)27(21)39/h2-8,15,17H,9-14,16,18H2,1H3,(H,29,30,32)/b15-2+. The van der Waals surface area contributed by atoms with Crippen LogP contribution < -0.4 is 25.4 Å². The Morgan fingerprint density at radius 1 is 0.976 bits per heavy atom. The van der Waals surface area contributed by atoms with Crippen LogP contribution in [0.4, 0.5) is 23.1 Å². The van der Waals surface area contributed by atoms with Crippen molar-refractivity contribution in [3.8, 4) is 11.6 Å². The number of aromatic nitrogens is 5. The summed E-state index contributed by atoms with van der Waals surface area (Å²) < 4.78 is 8.91. The summed E-state index contributed by atoms with van der Waals surface area (Å²) >= 11 is 1.57. The van der Waals surface area contributed by atoms with Gasteiger partial charge in [0.15, 0.2) is 29.6 Å². The number of amides is 1. The number of thioether (sulfide) groups is 1. The molecule has 1 saturated heterocycles. The zero-order chi connectivity index (χ0) is 27.9. The Balaban J connectivity index is 1.26. The Labute approximate surface area is 240 Å². The van der Waals surface area contributed by atoms with Gasteiger partial charge in [0.1, 0.15) is 5.39 Å². The highest BCUT2D eigenvalue weighted by molar-refractivity contribution is 8.02. The van der Waals surface area contributed by atoms with Crippen LogP contribution in [0, 0.1) is 0 Å². The summed E-state index contributed by atoms with van der Waals surface area (Å²) in [7, 11) is 2.15. The molecule has 0 saturated carbocycles. The third-order valence-electron chi connectivity index (χ3n) is 7.52. The molecule has 3 aromatic heterocycles. The van der Waals surface area contributed by atoms with Crippen molar-refractivity contribution in [2.75, 3.05) is 67.2 Å². The second-order valence-electron chi connectivity index (χ2n) is 10.2. The second kappa shape index (κ2) is 10.6. The number of benzene rings is 1. The first-order valence-corrected chi connectivity index (χ1v) is 14.6. The molecule has 2 bridgehead atoms. The molecule has 0 atom stereocenters. The first-order chi connectivity index (χ1) is 20.0. The van der Waals surface area contributed by atoms with E-state index in [4.69, 9.17) is 14.7 Å². The van der Waals surface area contributed by atoms with Crippen molar-refractivity contribution in [2.24, 2.45) is 0 Å². The lowest BCUT2D eigenvalue weighted by Crippen LogP contribution is -2.44. The van der Waals surface area contributed by atoms with Gasteiger partial charge < -0.3 is 19.9 Å². The van der Waals surface area contributed by atoms with Crippen molar-refractivity contribution in [2.45, 2.75) is 6.54 Å². The van der Waals surface area contributed by atoms with Crippen molar-refractivity contribution in [1.82, 2.24) is 29.2 Å². The van der Waals surface area contributed by atoms with Gasteiger partial charge in [0.2, 0.25) is 5.95 Å². The SMILES string of the molecule is CN1CCN(c2ccc(Nc3ncc4c(=O)n5n(c4n3)-c3ccc4c(n3)N(CCS/C=C/C5)C(=O)CO4)cc2)CC1. The molecule has 0 radical (unpaired) electrons. The van der Waals surface area contributed by atoms with Crippen molar-refractivity contribution in [3.63, 3.8) is 0 Å². The smallest absolute Gasteiger partial charge is 0.278 e. The number of nitrogens with one attached hydrogen (secondary N) is 1.